The Kier molecular flexibility index (Phi) is 2.60. The summed E-state index contributed by atoms with van der Waals surface area (Å²) in [6, 6.07) is 1.56. The lowest BCUT2D eigenvalue weighted by molar-refractivity contribution is -0.131. The highest BCUT2D eigenvalue weighted by Crippen LogP contribution is 2.17. The molecule has 0 unspecified atom stereocenters. The van der Waals surface area contributed by atoms with Crippen LogP contribution in [0.25, 0.3) is 0 Å². The van der Waals surface area contributed by atoms with Gasteiger partial charge in [0.1, 0.15) is 0 Å². The average molecular weight is 184 g/mol. The molecule has 64 valence electrons. The molecule has 0 atom stereocenters. The van der Waals surface area contributed by atoms with E-state index in [0.29, 0.717) is 12.0 Å². The normalized spacial score (nSPS) is 9.75. The van der Waals surface area contributed by atoms with Crippen LogP contribution in [0.3, 0.4) is 0 Å². The molecule has 3 nitrogen and oxygen atoms in total. The van der Waals surface area contributed by atoms with E-state index in [1.165, 1.54) is 11.3 Å². The van der Waals surface area contributed by atoms with Crippen LogP contribution in [0, 0.1) is 0 Å². The van der Waals surface area contributed by atoms with E-state index < -0.39 is 11.8 Å². The first kappa shape index (κ1) is 8.93. The van der Waals surface area contributed by atoms with Gasteiger partial charge in [0.15, 0.2) is 0 Å². The maximum atomic E-state index is 11.0. The minimum atomic E-state index is -1.39. The molecule has 0 aliphatic heterocycles. The molecule has 1 rings (SSSR count). The third kappa shape index (κ3) is 1.53. The second kappa shape index (κ2) is 3.49. The summed E-state index contributed by atoms with van der Waals surface area (Å²) < 4.78 is 0. The maximum absolute atomic E-state index is 11.0. The molecule has 0 aliphatic rings. The van der Waals surface area contributed by atoms with Crippen LogP contribution in [-0.4, -0.2) is 16.9 Å². The Balaban J connectivity index is 3.02. The first-order valence-corrected chi connectivity index (χ1v) is 4.38. The van der Waals surface area contributed by atoms with Crippen LogP contribution in [0.2, 0.25) is 0 Å². The first-order chi connectivity index (χ1) is 5.66. The van der Waals surface area contributed by atoms with E-state index in [4.69, 9.17) is 5.11 Å². The number of rotatable bonds is 3. The predicted octanol–water partition coefficient (Wildman–Crippen LogP) is 1.58. The third-order valence-corrected chi connectivity index (χ3v) is 2.57. The van der Waals surface area contributed by atoms with Crippen molar-refractivity contribution in [2.75, 3.05) is 0 Å². The highest BCUT2D eigenvalue weighted by atomic mass is 32.1. The number of ketones is 1. The third-order valence-electron chi connectivity index (χ3n) is 1.51. The van der Waals surface area contributed by atoms with E-state index in [0.717, 1.165) is 4.88 Å². The average Bonchev–Trinajstić information content (AvgIpc) is 2.49. The lowest BCUT2D eigenvalue weighted by Crippen LogP contribution is -2.13. The number of aliphatic carboxylic acids is 1. The van der Waals surface area contributed by atoms with Crippen molar-refractivity contribution in [1.82, 2.24) is 0 Å². The summed E-state index contributed by atoms with van der Waals surface area (Å²) in [6.07, 6.45) is 0.700. The van der Waals surface area contributed by atoms with Gasteiger partial charge >= 0.3 is 5.97 Å². The van der Waals surface area contributed by atoms with Crippen LogP contribution >= 0.6 is 11.3 Å². The highest BCUT2D eigenvalue weighted by Gasteiger charge is 2.18. The molecule has 0 saturated carbocycles. The van der Waals surface area contributed by atoms with Crippen molar-refractivity contribution in [1.29, 1.82) is 0 Å². The molecule has 1 aromatic heterocycles. The highest BCUT2D eigenvalue weighted by molar-refractivity contribution is 7.10. The SMILES string of the molecule is CCc1sccc1C(=O)C(=O)O. The van der Waals surface area contributed by atoms with Gasteiger partial charge in [0.25, 0.3) is 5.78 Å². The minimum Gasteiger partial charge on any atom is -0.475 e. The number of carboxylic acids is 1. The Morgan fingerprint density at radius 3 is 2.75 bits per heavy atom. The van der Waals surface area contributed by atoms with E-state index in [9.17, 15) is 9.59 Å². The minimum absolute atomic E-state index is 0.329. The zero-order valence-corrected chi connectivity index (χ0v) is 7.35. The summed E-state index contributed by atoms with van der Waals surface area (Å²) >= 11 is 1.41. The van der Waals surface area contributed by atoms with E-state index in [-0.39, 0.29) is 0 Å². The van der Waals surface area contributed by atoms with Gasteiger partial charge in [0.05, 0.1) is 0 Å². The number of carbonyl (C=O) groups is 2. The van der Waals surface area contributed by atoms with Crippen molar-refractivity contribution >= 4 is 23.1 Å². The molecule has 0 aliphatic carbocycles. The van der Waals surface area contributed by atoms with E-state index >= 15 is 0 Å². The fourth-order valence-electron chi connectivity index (χ4n) is 0.932. The van der Waals surface area contributed by atoms with Crippen molar-refractivity contribution in [2.45, 2.75) is 13.3 Å². The second-order valence-electron chi connectivity index (χ2n) is 2.25. The van der Waals surface area contributed by atoms with Crippen LogP contribution in [0.5, 0.6) is 0 Å². The van der Waals surface area contributed by atoms with E-state index in [1.54, 1.807) is 11.4 Å². The smallest absolute Gasteiger partial charge is 0.377 e. The van der Waals surface area contributed by atoms with E-state index in [2.05, 4.69) is 0 Å². The van der Waals surface area contributed by atoms with E-state index in [1.807, 2.05) is 6.92 Å². The number of thiophene rings is 1. The summed E-state index contributed by atoms with van der Waals surface area (Å²) in [6.45, 7) is 1.89. The largest absolute Gasteiger partial charge is 0.475 e. The van der Waals surface area contributed by atoms with Crippen LogP contribution < -0.4 is 0 Å². The van der Waals surface area contributed by atoms with Gasteiger partial charge in [-0.05, 0) is 17.9 Å². The zero-order chi connectivity index (χ0) is 9.14. The molecule has 12 heavy (non-hydrogen) atoms. The molecule has 1 heterocycles. The van der Waals surface area contributed by atoms with Crippen LogP contribution in [0.4, 0.5) is 0 Å². The van der Waals surface area contributed by atoms with Gasteiger partial charge < -0.3 is 5.11 Å². The van der Waals surface area contributed by atoms with Crippen LogP contribution in [0.15, 0.2) is 11.4 Å². The van der Waals surface area contributed by atoms with Crippen LogP contribution in [0.1, 0.15) is 22.2 Å². The number of hydrogen-bond donors (Lipinski definition) is 1. The Morgan fingerprint density at radius 2 is 2.25 bits per heavy atom. The molecule has 0 aromatic carbocycles. The number of Topliss-reactive ketones (excluding diaryl/α,β-unsaturated/α-hetero) is 1. The van der Waals surface area contributed by atoms with Crippen molar-refractivity contribution in [3.05, 3.63) is 21.9 Å². The number of carboxylic acid groups (broad SMARTS) is 1. The van der Waals surface area contributed by atoms with Crippen LogP contribution in [-0.2, 0) is 11.2 Å². The van der Waals surface area contributed by atoms with Gasteiger partial charge in [0.2, 0.25) is 0 Å². The van der Waals surface area contributed by atoms with Crippen molar-refractivity contribution in [3.8, 4) is 0 Å². The Labute approximate surface area is 73.6 Å². The lowest BCUT2D eigenvalue weighted by atomic mass is 10.1. The quantitative estimate of drug-likeness (QED) is 0.573. The van der Waals surface area contributed by atoms with Gasteiger partial charge in [-0.3, -0.25) is 4.79 Å². The summed E-state index contributed by atoms with van der Waals surface area (Å²) in [4.78, 5) is 22.1. The molecule has 0 saturated heterocycles. The number of hydrogen-bond acceptors (Lipinski definition) is 3. The second-order valence-corrected chi connectivity index (χ2v) is 3.25. The zero-order valence-electron chi connectivity index (χ0n) is 6.53. The summed E-state index contributed by atoms with van der Waals surface area (Å²) in [7, 11) is 0. The van der Waals surface area contributed by atoms with Crippen molar-refractivity contribution in [3.63, 3.8) is 0 Å². The standard InChI is InChI=1S/C8H8O3S/c1-2-6-5(3-4-12-6)7(9)8(10)11/h3-4H,2H2,1H3,(H,10,11). The molecule has 0 bridgehead atoms. The summed E-state index contributed by atoms with van der Waals surface area (Å²) in [5, 5.41) is 10.2. The molecule has 4 heteroatoms. The summed E-state index contributed by atoms with van der Waals surface area (Å²) in [5.41, 5.74) is 0.329. The fraction of sp³-hybridized carbons (Fsp3) is 0.250. The number of aryl methyl sites for hydroxylation is 1. The molecular weight excluding hydrogens is 176 g/mol. The topological polar surface area (TPSA) is 54.4 Å². The summed E-state index contributed by atoms with van der Waals surface area (Å²) in [5.74, 6) is -2.20. The predicted molar refractivity (Wildman–Crippen MR) is 45.7 cm³/mol. The van der Waals surface area contributed by atoms with Crippen molar-refractivity contribution < 1.29 is 14.7 Å². The lowest BCUT2D eigenvalue weighted by Gasteiger charge is -1.94. The van der Waals surface area contributed by atoms with Gasteiger partial charge in [-0.2, -0.15) is 0 Å². The fourth-order valence-corrected chi connectivity index (χ4v) is 1.75. The molecule has 1 N–H and O–H groups in total. The molecule has 0 radical (unpaired) electrons. The van der Waals surface area contributed by atoms with Gasteiger partial charge in [0, 0.05) is 10.4 Å². The van der Waals surface area contributed by atoms with Crippen molar-refractivity contribution in [2.24, 2.45) is 0 Å². The molecule has 0 spiro atoms. The maximum Gasteiger partial charge on any atom is 0.377 e. The van der Waals surface area contributed by atoms with Gasteiger partial charge in [-0.1, -0.05) is 6.92 Å². The molecule has 1 aromatic rings. The van der Waals surface area contributed by atoms with Gasteiger partial charge in [-0.25, -0.2) is 4.79 Å². The molecular formula is C8H8O3S. The monoisotopic (exact) mass is 184 g/mol. The Morgan fingerprint density at radius 1 is 1.58 bits per heavy atom. The Bertz CT molecular complexity index is 314. The Hall–Kier alpha value is -1.16. The molecule has 0 amide bonds. The molecule has 0 fully saturated rings. The first-order valence-electron chi connectivity index (χ1n) is 3.50. The number of carbonyl (C=O) groups excluding carboxylic acids is 1. The van der Waals surface area contributed by atoms with Gasteiger partial charge in [-0.15, -0.1) is 11.3 Å².